The van der Waals surface area contributed by atoms with Gasteiger partial charge in [-0.3, -0.25) is 9.59 Å². The van der Waals surface area contributed by atoms with Gasteiger partial charge in [0.05, 0.1) is 25.0 Å². The molecule has 0 amide bonds. The number of hydrogen-bond donors (Lipinski definition) is 1. The van der Waals surface area contributed by atoms with E-state index in [2.05, 4.69) is 56.7 Å². The maximum Gasteiger partial charge on any atom is 0.308 e. The second kappa shape index (κ2) is 38.8. The average molecular weight is 768 g/mol. The van der Waals surface area contributed by atoms with Crippen molar-refractivity contribution in [2.45, 2.75) is 208 Å². The Bertz CT molecular complexity index is 789. The van der Waals surface area contributed by atoms with Gasteiger partial charge in [-0.05, 0) is 63.8 Å². The average Bonchev–Trinajstić information content (AvgIpc) is 3.16. The Balaban J connectivity index is 5.12. The molecule has 0 rings (SSSR count). The van der Waals surface area contributed by atoms with E-state index in [-0.39, 0.29) is 23.8 Å². The fraction of sp³-hybridized carbons (Fsp3) is 0.933. The third-order valence-corrected chi connectivity index (χ3v) is 11.2. The van der Waals surface area contributed by atoms with Crippen LogP contribution in [-0.2, 0) is 19.1 Å². The molecule has 0 saturated heterocycles. The van der Waals surface area contributed by atoms with Crippen molar-refractivity contribution in [1.82, 2.24) is 15.1 Å². The molecule has 0 saturated carbocycles. The molecule has 2 unspecified atom stereocenters. The first-order chi connectivity index (χ1) is 25.9. The van der Waals surface area contributed by atoms with E-state index in [1.165, 1.54) is 103 Å². The summed E-state index contributed by atoms with van der Waals surface area (Å²) >= 11 is 5.88. The summed E-state index contributed by atoms with van der Waals surface area (Å²) in [7, 11) is 0. The molecule has 0 aliphatic heterocycles. The van der Waals surface area contributed by atoms with E-state index in [0.29, 0.717) is 26.3 Å². The van der Waals surface area contributed by atoms with Crippen LogP contribution < -0.4 is 5.32 Å². The number of esters is 2. The molecule has 7 nitrogen and oxygen atoms in total. The van der Waals surface area contributed by atoms with Gasteiger partial charge < -0.3 is 24.6 Å². The van der Waals surface area contributed by atoms with Gasteiger partial charge in [-0.15, -0.1) is 0 Å². The van der Waals surface area contributed by atoms with Crippen LogP contribution in [0.3, 0.4) is 0 Å². The van der Waals surface area contributed by atoms with Crippen molar-refractivity contribution in [3.8, 4) is 0 Å². The fourth-order valence-corrected chi connectivity index (χ4v) is 7.40. The van der Waals surface area contributed by atoms with Crippen LogP contribution in [0.2, 0.25) is 0 Å². The number of carbonyl (C=O) groups excluding carboxylic acids is 2. The molecule has 314 valence electrons. The van der Waals surface area contributed by atoms with Crippen LogP contribution in [0, 0.1) is 11.8 Å². The van der Waals surface area contributed by atoms with Crippen molar-refractivity contribution >= 4 is 29.3 Å². The van der Waals surface area contributed by atoms with Gasteiger partial charge >= 0.3 is 11.9 Å². The summed E-state index contributed by atoms with van der Waals surface area (Å²) in [5.41, 5.74) is 0. The number of nitrogens with zero attached hydrogens (tertiary/aromatic N) is 2. The smallest absolute Gasteiger partial charge is 0.308 e. The van der Waals surface area contributed by atoms with Crippen LogP contribution in [0.1, 0.15) is 208 Å². The van der Waals surface area contributed by atoms with Crippen molar-refractivity contribution in [2.24, 2.45) is 11.8 Å². The normalized spacial score (nSPS) is 12.5. The van der Waals surface area contributed by atoms with Crippen LogP contribution in [0.25, 0.3) is 0 Å². The molecule has 0 aromatic rings. The molecule has 0 aliphatic carbocycles. The van der Waals surface area contributed by atoms with Crippen LogP contribution >= 0.6 is 12.2 Å². The van der Waals surface area contributed by atoms with Crippen molar-refractivity contribution < 1.29 is 19.1 Å². The molecule has 1 N–H and O–H groups in total. The lowest BCUT2D eigenvalue weighted by Crippen LogP contribution is -2.44. The standard InChI is InChI=1S/C45H89N3O4S/c1-7-13-17-21-23-27-33-41(31-25-19-15-9-3)43(49)51-39-29-36-48(45(53)46-35-38-47(11-5)12-6)37-30-40-52-44(50)42(32-26-20-16-10-4)34-28-24-22-18-14-8-2/h41-42H,7-40H2,1-6H3,(H,46,53). The number of rotatable bonds is 39. The molecule has 0 aliphatic rings. The van der Waals surface area contributed by atoms with Gasteiger partial charge in [0.1, 0.15) is 0 Å². The van der Waals surface area contributed by atoms with Crippen molar-refractivity contribution in [2.75, 3.05) is 52.5 Å². The van der Waals surface area contributed by atoms with Gasteiger partial charge in [-0.1, -0.05) is 170 Å². The molecule has 0 radical (unpaired) electrons. The van der Waals surface area contributed by atoms with Gasteiger partial charge in [-0.25, -0.2) is 0 Å². The Kier molecular flexibility index (Phi) is 37.8. The van der Waals surface area contributed by atoms with Crippen molar-refractivity contribution in [3.63, 3.8) is 0 Å². The van der Waals surface area contributed by atoms with E-state index in [9.17, 15) is 9.59 Å². The highest BCUT2D eigenvalue weighted by molar-refractivity contribution is 7.80. The summed E-state index contributed by atoms with van der Waals surface area (Å²) in [5.74, 6) is 0.00337. The van der Waals surface area contributed by atoms with Gasteiger partial charge in [0.25, 0.3) is 0 Å². The maximum atomic E-state index is 13.2. The Hall–Kier alpha value is -1.41. The number of nitrogens with one attached hydrogen (secondary N) is 1. The predicted molar refractivity (Wildman–Crippen MR) is 232 cm³/mol. The predicted octanol–water partition coefficient (Wildman–Crippen LogP) is 12.0. The molecule has 2 atom stereocenters. The van der Waals surface area contributed by atoms with Gasteiger partial charge in [0.2, 0.25) is 0 Å². The number of unbranched alkanes of at least 4 members (excludes halogenated alkanes) is 16. The SMILES string of the molecule is CCCCCCCCC(CCCCCC)C(=O)OCCCN(CCCOC(=O)C(CCCCCC)CCCCCCCC)C(=S)NCCN(CC)CC. The molecule has 53 heavy (non-hydrogen) atoms. The molecular weight excluding hydrogens is 679 g/mol. The van der Waals surface area contributed by atoms with Gasteiger partial charge in [-0.2, -0.15) is 0 Å². The largest absolute Gasteiger partial charge is 0.465 e. The Morgan fingerprint density at radius 1 is 0.491 bits per heavy atom. The van der Waals surface area contributed by atoms with E-state index in [1.807, 2.05) is 0 Å². The second-order valence-electron chi connectivity index (χ2n) is 15.5. The van der Waals surface area contributed by atoms with Crippen molar-refractivity contribution in [1.29, 1.82) is 0 Å². The monoisotopic (exact) mass is 768 g/mol. The molecular formula is C45H89N3O4S. The molecule has 0 spiro atoms. The zero-order valence-corrected chi connectivity index (χ0v) is 36.9. The zero-order chi connectivity index (χ0) is 39.2. The number of hydrogen-bond acceptors (Lipinski definition) is 6. The number of ether oxygens (including phenoxy) is 2. The Morgan fingerprint density at radius 3 is 1.19 bits per heavy atom. The summed E-state index contributed by atoms with van der Waals surface area (Å²) in [6.07, 6.45) is 29.6. The molecule has 8 heteroatoms. The molecule has 0 aromatic carbocycles. The van der Waals surface area contributed by atoms with E-state index in [4.69, 9.17) is 21.7 Å². The van der Waals surface area contributed by atoms with E-state index in [1.54, 1.807) is 0 Å². The number of carbonyl (C=O) groups is 2. The summed E-state index contributed by atoms with van der Waals surface area (Å²) in [4.78, 5) is 31.0. The summed E-state index contributed by atoms with van der Waals surface area (Å²) in [5, 5.41) is 4.19. The van der Waals surface area contributed by atoms with Crippen molar-refractivity contribution in [3.05, 3.63) is 0 Å². The third kappa shape index (κ3) is 30.5. The molecule has 0 aromatic heterocycles. The first-order valence-electron chi connectivity index (χ1n) is 23.0. The first-order valence-corrected chi connectivity index (χ1v) is 23.4. The van der Waals surface area contributed by atoms with Crippen LogP contribution in [0.15, 0.2) is 0 Å². The third-order valence-electron chi connectivity index (χ3n) is 10.8. The fourth-order valence-electron chi connectivity index (χ4n) is 7.12. The van der Waals surface area contributed by atoms with Crippen LogP contribution in [0.5, 0.6) is 0 Å². The molecule has 0 fully saturated rings. The van der Waals surface area contributed by atoms with Gasteiger partial charge in [0, 0.05) is 26.2 Å². The second-order valence-corrected chi connectivity index (χ2v) is 15.9. The maximum absolute atomic E-state index is 13.2. The van der Waals surface area contributed by atoms with Crippen LogP contribution in [0.4, 0.5) is 0 Å². The van der Waals surface area contributed by atoms with E-state index in [0.717, 1.165) is 95.5 Å². The zero-order valence-electron chi connectivity index (χ0n) is 36.1. The van der Waals surface area contributed by atoms with E-state index >= 15 is 0 Å². The minimum absolute atomic E-state index is 0.0151. The highest BCUT2D eigenvalue weighted by Crippen LogP contribution is 2.22. The Morgan fingerprint density at radius 2 is 0.830 bits per heavy atom. The van der Waals surface area contributed by atoms with Crippen LogP contribution in [-0.4, -0.2) is 79.3 Å². The van der Waals surface area contributed by atoms with Gasteiger partial charge in [0.15, 0.2) is 5.11 Å². The lowest BCUT2D eigenvalue weighted by Gasteiger charge is -2.27. The number of thiocarbonyl (C=S) groups is 1. The number of likely N-dealkylation sites (N-methyl/N-ethyl adjacent to an activating group) is 1. The topological polar surface area (TPSA) is 71.1 Å². The minimum Gasteiger partial charge on any atom is -0.465 e. The van der Waals surface area contributed by atoms with E-state index < -0.39 is 0 Å². The lowest BCUT2D eigenvalue weighted by molar-refractivity contribution is -0.150. The molecule has 0 heterocycles. The Labute approximate surface area is 335 Å². The highest BCUT2D eigenvalue weighted by atomic mass is 32.1. The summed E-state index contributed by atoms with van der Waals surface area (Å²) in [6.45, 7) is 19.3. The quantitative estimate of drug-likeness (QED) is 0.0377. The highest BCUT2D eigenvalue weighted by Gasteiger charge is 2.21. The minimum atomic E-state index is -0.0151. The lowest BCUT2D eigenvalue weighted by atomic mass is 9.94. The first kappa shape index (κ1) is 51.6. The summed E-state index contributed by atoms with van der Waals surface area (Å²) in [6, 6.07) is 0. The summed E-state index contributed by atoms with van der Waals surface area (Å²) < 4.78 is 11.8. The molecule has 0 bridgehead atoms.